The van der Waals surface area contributed by atoms with Crippen molar-refractivity contribution < 1.29 is 9.59 Å². The first-order valence-corrected chi connectivity index (χ1v) is 5.61. The maximum absolute atomic E-state index is 11.5. The van der Waals surface area contributed by atoms with Gasteiger partial charge in [0.15, 0.2) is 5.13 Å². The Bertz CT molecular complexity index is 398. The minimum atomic E-state index is -0.574. The number of hydrogen-bond acceptors (Lipinski definition) is 4. The van der Waals surface area contributed by atoms with E-state index in [2.05, 4.69) is 10.3 Å². The number of nitrogens with one attached hydrogen (secondary N) is 1. The minimum Gasteiger partial charge on any atom is -0.364 e. The third-order valence-corrected chi connectivity index (χ3v) is 3.22. The Morgan fingerprint density at radius 1 is 1.53 bits per heavy atom. The van der Waals surface area contributed by atoms with Crippen molar-refractivity contribution in [2.45, 2.75) is 19.3 Å². The maximum atomic E-state index is 11.5. The van der Waals surface area contributed by atoms with Crippen LogP contribution in [0.3, 0.4) is 0 Å². The van der Waals surface area contributed by atoms with Crippen LogP contribution in [0.25, 0.3) is 0 Å². The Kier molecular flexibility index (Phi) is 2.68. The van der Waals surface area contributed by atoms with Gasteiger partial charge in [0.2, 0.25) is 5.91 Å². The molecule has 1 aliphatic carbocycles. The first kappa shape index (κ1) is 10.1. The highest BCUT2D eigenvalue weighted by Gasteiger charge is 2.25. The number of thiazole rings is 1. The van der Waals surface area contributed by atoms with Gasteiger partial charge in [0.05, 0.1) is 0 Å². The van der Waals surface area contributed by atoms with E-state index in [1.807, 2.05) is 0 Å². The van der Waals surface area contributed by atoms with Crippen molar-refractivity contribution in [2.75, 3.05) is 5.32 Å². The largest absolute Gasteiger partial charge is 0.364 e. The summed E-state index contributed by atoms with van der Waals surface area (Å²) in [5.74, 6) is -0.465. The molecule has 15 heavy (non-hydrogen) atoms. The molecule has 80 valence electrons. The number of primary amides is 1. The second kappa shape index (κ2) is 3.98. The van der Waals surface area contributed by atoms with Gasteiger partial charge in [-0.25, -0.2) is 4.98 Å². The molecule has 1 aliphatic rings. The maximum Gasteiger partial charge on any atom is 0.268 e. The lowest BCUT2D eigenvalue weighted by molar-refractivity contribution is -0.122. The van der Waals surface area contributed by atoms with Crippen molar-refractivity contribution in [3.8, 4) is 0 Å². The summed E-state index contributed by atoms with van der Waals surface area (Å²) in [6.45, 7) is 0. The number of aromatic nitrogens is 1. The van der Waals surface area contributed by atoms with Crippen LogP contribution in [0.2, 0.25) is 0 Å². The molecule has 6 heteroatoms. The predicted octanol–water partition coefficient (Wildman–Crippen LogP) is 0.981. The number of carbonyl (C=O) groups is 2. The molecule has 0 radical (unpaired) electrons. The molecule has 0 atom stereocenters. The van der Waals surface area contributed by atoms with E-state index < -0.39 is 5.91 Å². The average Bonchev–Trinajstić information content (AvgIpc) is 2.48. The molecule has 0 spiro atoms. The standard InChI is InChI=1S/C9H11N3O2S/c10-7(13)6-4-15-9(11-6)12-8(14)5-2-1-3-5/h4-5H,1-3H2,(H2,10,13)(H,11,12,14). The van der Waals surface area contributed by atoms with E-state index in [1.165, 1.54) is 11.3 Å². The summed E-state index contributed by atoms with van der Waals surface area (Å²) < 4.78 is 0. The highest BCUT2D eigenvalue weighted by Crippen LogP contribution is 2.28. The minimum absolute atomic E-state index is 0.00776. The van der Waals surface area contributed by atoms with Gasteiger partial charge in [-0.15, -0.1) is 11.3 Å². The molecule has 0 bridgehead atoms. The summed E-state index contributed by atoms with van der Waals surface area (Å²) in [6.07, 6.45) is 3.00. The summed E-state index contributed by atoms with van der Waals surface area (Å²) in [6, 6.07) is 0. The van der Waals surface area contributed by atoms with Crippen molar-refractivity contribution in [3.63, 3.8) is 0 Å². The van der Waals surface area contributed by atoms with E-state index in [9.17, 15) is 9.59 Å². The summed E-state index contributed by atoms with van der Waals surface area (Å²) in [4.78, 5) is 26.2. The van der Waals surface area contributed by atoms with Crippen LogP contribution in [0.15, 0.2) is 5.38 Å². The van der Waals surface area contributed by atoms with Gasteiger partial charge in [-0.2, -0.15) is 0 Å². The predicted molar refractivity (Wildman–Crippen MR) is 56.6 cm³/mol. The Morgan fingerprint density at radius 2 is 2.27 bits per heavy atom. The number of rotatable bonds is 3. The topological polar surface area (TPSA) is 85.1 Å². The smallest absolute Gasteiger partial charge is 0.268 e. The molecule has 2 amide bonds. The number of anilines is 1. The van der Waals surface area contributed by atoms with Crippen LogP contribution < -0.4 is 11.1 Å². The molecule has 1 aromatic rings. The zero-order chi connectivity index (χ0) is 10.8. The zero-order valence-corrected chi connectivity index (χ0v) is 8.84. The van der Waals surface area contributed by atoms with Crippen LogP contribution in [0, 0.1) is 5.92 Å². The van der Waals surface area contributed by atoms with Crippen LogP contribution in [0.4, 0.5) is 5.13 Å². The number of nitrogens with two attached hydrogens (primary N) is 1. The molecule has 1 saturated carbocycles. The van der Waals surface area contributed by atoms with Gasteiger partial charge in [-0.3, -0.25) is 9.59 Å². The quantitative estimate of drug-likeness (QED) is 0.804. The lowest BCUT2D eigenvalue weighted by Gasteiger charge is -2.23. The van der Waals surface area contributed by atoms with Crippen molar-refractivity contribution >= 4 is 28.3 Å². The van der Waals surface area contributed by atoms with Gasteiger partial charge in [-0.05, 0) is 12.8 Å². The van der Waals surface area contributed by atoms with Crippen LogP contribution in [-0.2, 0) is 4.79 Å². The van der Waals surface area contributed by atoms with Gasteiger partial charge in [0.25, 0.3) is 5.91 Å². The third-order valence-electron chi connectivity index (χ3n) is 2.46. The fourth-order valence-electron chi connectivity index (χ4n) is 1.32. The van der Waals surface area contributed by atoms with Gasteiger partial charge < -0.3 is 11.1 Å². The van der Waals surface area contributed by atoms with Crippen LogP contribution in [0.5, 0.6) is 0 Å². The molecule has 0 unspecified atom stereocenters. The van der Waals surface area contributed by atoms with E-state index in [0.717, 1.165) is 19.3 Å². The lowest BCUT2D eigenvalue weighted by atomic mass is 9.85. The van der Waals surface area contributed by atoms with Crippen molar-refractivity contribution in [1.29, 1.82) is 0 Å². The van der Waals surface area contributed by atoms with Gasteiger partial charge in [0, 0.05) is 11.3 Å². The summed E-state index contributed by atoms with van der Waals surface area (Å²) in [7, 11) is 0. The first-order valence-electron chi connectivity index (χ1n) is 4.73. The summed E-state index contributed by atoms with van der Waals surface area (Å²) in [5, 5.41) is 4.67. The van der Waals surface area contributed by atoms with Gasteiger partial charge >= 0.3 is 0 Å². The van der Waals surface area contributed by atoms with Crippen molar-refractivity contribution in [2.24, 2.45) is 11.7 Å². The van der Waals surface area contributed by atoms with E-state index in [0.29, 0.717) is 5.13 Å². The Morgan fingerprint density at radius 3 is 2.73 bits per heavy atom. The highest BCUT2D eigenvalue weighted by atomic mass is 32.1. The molecular weight excluding hydrogens is 214 g/mol. The summed E-state index contributed by atoms with van der Waals surface area (Å²) in [5.41, 5.74) is 5.25. The third kappa shape index (κ3) is 2.15. The zero-order valence-electron chi connectivity index (χ0n) is 8.03. The van der Waals surface area contributed by atoms with E-state index >= 15 is 0 Å². The summed E-state index contributed by atoms with van der Waals surface area (Å²) >= 11 is 1.21. The van der Waals surface area contributed by atoms with E-state index in [-0.39, 0.29) is 17.5 Å². The molecule has 2 rings (SSSR count). The molecule has 0 aliphatic heterocycles. The SMILES string of the molecule is NC(=O)c1csc(NC(=O)C2CCC2)n1. The number of amides is 2. The van der Waals surface area contributed by atoms with Crippen molar-refractivity contribution in [1.82, 2.24) is 4.98 Å². The van der Waals surface area contributed by atoms with Gasteiger partial charge in [-0.1, -0.05) is 6.42 Å². The molecule has 3 N–H and O–H groups in total. The van der Waals surface area contributed by atoms with E-state index in [4.69, 9.17) is 5.73 Å². The molecule has 1 fully saturated rings. The number of hydrogen-bond donors (Lipinski definition) is 2. The fraction of sp³-hybridized carbons (Fsp3) is 0.444. The average molecular weight is 225 g/mol. The molecular formula is C9H11N3O2S. The first-order chi connectivity index (χ1) is 7.16. The molecule has 0 saturated heterocycles. The molecule has 1 heterocycles. The van der Waals surface area contributed by atoms with Crippen LogP contribution >= 0.6 is 11.3 Å². The van der Waals surface area contributed by atoms with Crippen LogP contribution in [0.1, 0.15) is 29.8 Å². The molecule has 5 nitrogen and oxygen atoms in total. The lowest BCUT2D eigenvalue weighted by Crippen LogP contribution is -2.28. The molecule has 0 aromatic carbocycles. The number of nitrogens with zero attached hydrogens (tertiary/aromatic N) is 1. The molecule has 1 aromatic heterocycles. The fourth-order valence-corrected chi connectivity index (χ4v) is 2.02. The number of carbonyl (C=O) groups excluding carboxylic acids is 2. The van der Waals surface area contributed by atoms with Crippen LogP contribution in [-0.4, -0.2) is 16.8 Å². The van der Waals surface area contributed by atoms with Crippen molar-refractivity contribution in [3.05, 3.63) is 11.1 Å². The second-order valence-electron chi connectivity index (χ2n) is 3.52. The second-order valence-corrected chi connectivity index (χ2v) is 4.38. The highest BCUT2D eigenvalue weighted by molar-refractivity contribution is 7.14. The Balaban J connectivity index is 1.97. The van der Waals surface area contributed by atoms with E-state index in [1.54, 1.807) is 5.38 Å². The monoisotopic (exact) mass is 225 g/mol. The normalized spacial score (nSPS) is 15.7. The van der Waals surface area contributed by atoms with Gasteiger partial charge in [0.1, 0.15) is 5.69 Å². The Labute approximate surface area is 90.7 Å². The Hall–Kier alpha value is -1.43.